The highest BCUT2D eigenvalue weighted by atomic mass is 16.1. The van der Waals surface area contributed by atoms with E-state index >= 15 is 0 Å². The quantitative estimate of drug-likeness (QED) is 0.630. The van der Waals surface area contributed by atoms with Gasteiger partial charge in [0.25, 0.3) is 5.91 Å². The first-order valence-corrected chi connectivity index (χ1v) is 5.62. The zero-order valence-electron chi connectivity index (χ0n) is 10.3. The molecular weight excluding hydrogens is 256 g/mol. The van der Waals surface area contributed by atoms with Crippen LogP contribution in [-0.2, 0) is 4.79 Å². The summed E-state index contributed by atoms with van der Waals surface area (Å²) in [6.07, 6.45) is 3.32. The molecule has 0 unspecified atom stereocenters. The van der Waals surface area contributed by atoms with Crippen molar-refractivity contribution >= 4 is 17.3 Å². The minimum absolute atomic E-state index is 0.388. The Morgan fingerprint density at radius 2 is 1.90 bits per heavy atom. The van der Waals surface area contributed by atoms with Crippen molar-refractivity contribution in [3.8, 4) is 17.5 Å². The highest BCUT2D eigenvalue weighted by Crippen LogP contribution is 2.17. The standard InChI is InChI=1S/C13H10N6O/c14-8-11(12(15)20)19-18-10-4-2-9(3-5-10)13-16-6-1-7-17-13/h1-7,18H,(H2,15,20)/b19-11+. The van der Waals surface area contributed by atoms with Gasteiger partial charge in [-0.3, -0.25) is 10.2 Å². The van der Waals surface area contributed by atoms with Gasteiger partial charge >= 0.3 is 0 Å². The number of hydrogen-bond donors (Lipinski definition) is 2. The van der Waals surface area contributed by atoms with Crippen molar-refractivity contribution in [2.45, 2.75) is 0 Å². The van der Waals surface area contributed by atoms with E-state index < -0.39 is 5.91 Å². The third kappa shape index (κ3) is 3.14. The van der Waals surface area contributed by atoms with Crippen LogP contribution in [-0.4, -0.2) is 21.6 Å². The van der Waals surface area contributed by atoms with Gasteiger partial charge in [0, 0.05) is 18.0 Å². The zero-order chi connectivity index (χ0) is 14.4. The molecule has 1 amide bonds. The number of benzene rings is 1. The van der Waals surface area contributed by atoms with Crippen LogP contribution in [0.25, 0.3) is 11.4 Å². The highest BCUT2D eigenvalue weighted by Gasteiger charge is 2.05. The van der Waals surface area contributed by atoms with Crippen LogP contribution in [0.15, 0.2) is 47.8 Å². The van der Waals surface area contributed by atoms with Crippen LogP contribution in [0, 0.1) is 11.3 Å². The van der Waals surface area contributed by atoms with Crippen LogP contribution in [0.5, 0.6) is 0 Å². The van der Waals surface area contributed by atoms with E-state index in [-0.39, 0.29) is 5.71 Å². The van der Waals surface area contributed by atoms with Gasteiger partial charge in [-0.05, 0) is 30.3 Å². The Labute approximate surface area is 114 Å². The molecule has 1 aromatic heterocycles. The molecule has 3 N–H and O–H groups in total. The van der Waals surface area contributed by atoms with Crippen LogP contribution in [0.4, 0.5) is 5.69 Å². The second-order valence-corrected chi connectivity index (χ2v) is 3.70. The lowest BCUT2D eigenvalue weighted by molar-refractivity contribution is -0.111. The molecule has 0 fully saturated rings. The Morgan fingerprint density at radius 1 is 1.25 bits per heavy atom. The Kier molecular flexibility index (Phi) is 3.99. The minimum Gasteiger partial charge on any atom is -0.364 e. The van der Waals surface area contributed by atoms with Crippen molar-refractivity contribution in [3.63, 3.8) is 0 Å². The van der Waals surface area contributed by atoms with Gasteiger partial charge in [-0.2, -0.15) is 10.4 Å². The second-order valence-electron chi connectivity index (χ2n) is 3.70. The van der Waals surface area contributed by atoms with Gasteiger partial charge < -0.3 is 5.73 Å². The summed E-state index contributed by atoms with van der Waals surface area (Å²) in [7, 11) is 0. The number of nitrogens with two attached hydrogens (primary N) is 1. The van der Waals surface area contributed by atoms with Gasteiger partial charge in [-0.1, -0.05) is 0 Å². The van der Waals surface area contributed by atoms with Crippen molar-refractivity contribution in [1.29, 1.82) is 5.26 Å². The molecule has 0 saturated heterocycles. The summed E-state index contributed by atoms with van der Waals surface area (Å²) < 4.78 is 0. The largest absolute Gasteiger partial charge is 0.364 e. The number of carbonyl (C=O) groups is 1. The Morgan fingerprint density at radius 3 is 2.45 bits per heavy atom. The summed E-state index contributed by atoms with van der Waals surface area (Å²) in [6, 6.07) is 10.4. The van der Waals surface area contributed by atoms with Crippen molar-refractivity contribution in [2.75, 3.05) is 5.43 Å². The number of amides is 1. The fraction of sp³-hybridized carbons (Fsp3) is 0. The number of rotatable bonds is 4. The molecule has 0 bridgehead atoms. The number of anilines is 1. The Bertz CT molecular complexity index is 672. The van der Waals surface area contributed by atoms with Crippen molar-refractivity contribution in [1.82, 2.24) is 9.97 Å². The first kappa shape index (κ1) is 13.2. The topological polar surface area (TPSA) is 117 Å². The van der Waals surface area contributed by atoms with Gasteiger partial charge in [-0.15, -0.1) is 0 Å². The summed E-state index contributed by atoms with van der Waals surface area (Å²) in [5.41, 5.74) is 8.61. The first-order chi connectivity index (χ1) is 9.70. The highest BCUT2D eigenvalue weighted by molar-refractivity contribution is 6.44. The SMILES string of the molecule is N#C/C(=N\Nc1ccc(-c2ncccn2)cc1)C(N)=O. The molecule has 7 heteroatoms. The molecule has 2 rings (SSSR count). The average molecular weight is 266 g/mol. The number of nitriles is 1. The van der Waals surface area contributed by atoms with Crippen molar-refractivity contribution in [3.05, 3.63) is 42.7 Å². The maximum atomic E-state index is 10.8. The van der Waals surface area contributed by atoms with Crippen LogP contribution >= 0.6 is 0 Å². The van der Waals surface area contributed by atoms with E-state index in [0.29, 0.717) is 11.5 Å². The lowest BCUT2D eigenvalue weighted by Gasteiger charge is -2.02. The summed E-state index contributed by atoms with van der Waals surface area (Å²) in [6.45, 7) is 0. The molecule has 0 aliphatic carbocycles. The molecule has 0 spiro atoms. The minimum atomic E-state index is -0.880. The van der Waals surface area contributed by atoms with E-state index in [1.807, 2.05) is 0 Å². The second kappa shape index (κ2) is 6.06. The van der Waals surface area contributed by atoms with Gasteiger partial charge in [0.15, 0.2) is 5.82 Å². The summed E-state index contributed by atoms with van der Waals surface area (Å²) in [5.74, 6) is -0.272. The Hall–Kier alpha value is -3.27. The fourth-order valence-corrected chi connectivity index (χ4v) is 1.40. The maximum absolute atomic E-state index is 10.8. The predicted octanol–water partition coefficient (Wildman–Crippen LogP) is 0.920. The molecule has 20 heavy (non-hydrogen) atoms. The van der Waals surface area contributed by atoms with Crippen LogP contribution in [0.1, 0.15) is 0 Å². The Balaban J connectivity index is 2.14. The molecule has 0 radical (unpaired) electrons. The van der Waals surface area contributed by atoms with E-state index in [1.165, 1.54) is 0 Å². The zero-order valence-corrected chi connectivity index (χ0v) is 10.3. The predicted molar refractivity (Wildman–Crippen MR) is 73.3 cm³/mol. The molecule has 98 valence electrons. The van der Waals surface area contributed by atoms with Gasteiger partial charge in [0.2, 0.25) is 5.71 Å². The summed E-state index contributed by atoms with van der Waals surface area (Å²) in [5, 5.41) is 12.2. The number of aromatic nitrogens is 2. The molecular formula is C13H10N6O. The molecule has 0 saturated carbocycles. The fourth-order valence-electron chi connectivity index (χ4n) is 1.40. The molecule has 2 aromatic rings. The lowest BCUT2D eigenvalue weighted by Crippen LogP contribution is -2.22. The average Bonchev–Trinajstić information content (AvgIpc) is 2.49. The normalized spacial score (nSPS) is 10.7. The number of hydrogen-bond acceptors (Lipinski definition) is 6. The third-order valence-electron chi connectivity index (χ3n) is 2.34. The number of primary amides is 1. The smallest absolute Gasteiger partial charge is 0.280 e. The van der Waals surface area contributed by atoms with Gasteiger partial charge in [0.05, 0.1) is 5.69 Å². The van der Waals surface area contributed by atoms with Crippen LogP contribution < -0.4 is 11.2 Å². The first-order valence-electron chi connectivity index (χ1n) is 5.62. The monoisotopic (exact) mass is 266 g/mol. The molecule has 1 heterocycles. The van der Waals surface area contributed by atoms with E-state index in [9.17, 15) is 4.79 Å². The van der Waals surface area contributed by atoms with Crippen molar-refractivity contribution < 1.29 is 4.79 Å². The van der Waals surface area contributed by atoms with Crippen molar-refractivity contribution in [2.24, 2.45) is 10.8 Å². The molecule has 0 aliphatic heterocycles. The molecule has 7 nitrogen and oxygen atoms in total. The van der Waals surface area contributed by atoms with Gasteiger partial charge in [0.1, 0.15) is 6.07 Å². The van der Waals surface area contributed by atoms with E-state index in [4.69, 9.17) is 11.0 Å². The van der Waals surface area contributed by atoms with Crippen LogP contribution in [0.2, 0.25) is 0 Å². The number of hydrazone groups is 1. The molecule has 1 aromatic carbocycles. The number of carbonyl (C=O) groups excluding carboxylic acids is 1. The number of nitrogens with one attached hydrogen (secondary N) is 1. The van der Waals surface area contributed by atoms with E-state index in [1.54, 1.807) is 48.8 Å². The van der Waals surface area contributed by atoms with E-state index in [2.05, 4.69) is 20.5 Å². The molecule has 0 aliphatic rings. The maximum Gasteiger partial charge on any atom is 0.280 e. The molecule has 0 atom stereocenters. The van der Waals surface area contributed by atoms with E-state index in [0.717, 1.165) is 5.56 Å². The number of nitrogens with zero attached hydrogens (tertiary/aromatic N) is 4. The lowest BCUT2D eigenvalue weighted by atomic mass is 10.2. The summed E-state index contributed by atoms with van der Waals surface area (Å²) >= 11 is 0. The van der Waals surface area contributed by atoms with Gasteiger partial charge in [-0.25, -0.2) is 9.97 Å². The third-order valence-corrected chi connectivity index (χ3v) is 2.34. The summed E-state index contributed by atoms with van der Waals surface area (Å²) in [4.78, 5) is 19.1. The van der Waals surface area contributed by atoms with Crippen LogP contribution in [0.3, 0.4) is 0 Å².